The zero-order valence-corrected chi connectivity index (χ0v) is 26.1. The molecule has 13 heteroatoms. The van der Waals surface area contributed by atoms with Crippen molar-refractivity contribution in [2.24, 2.45) is 0 Å². The summed E-state index contributed by atoms with van der Waals surface area (Å²) in [6.45, 7) is 2.00. The molecular formula is C28H27BrCl2N6O3S. The molecule has 41 heavy (non-hydrogen) atoms. The summed E-state index contributed by atoms with van der Waals surface area (Å²) in [7, 11) is -3.11. The first-order valence-electron chi connectivity index (χ1n) is 13.2. The molecule has 0 radical (unpaired) electrons. The van der Waals surface area contributed by atoms with E-state index in [4.69, 9.17) is 28.2 Å². The van der Waals surface area contributed by atoms with E-state index in [-0.39, 0.29) is 18.2 Å². The van der Waals surface area contributed by atoms with Crippen molar-refractivity contribution in [1.29, 1.82) is 0 Å². The Morgan fingerprint density at radius 2 is 1.80 bits per heavy atom. The summed E-state index contributed by atoms with van der Waals surface area (Å²) in [5.41, 5.74) is 2.76. The average molecular weight is 678 g/mol. The van der Waals surface area contributed by atoms with Crippen molar-refractivity contribution in [2.45, 2.75) is 37.8 Å². The van der Waals surface area contributed by atoms with Gasteiger partial charge in [-0.05, 0) is 73.4 Å². The third kappa shape index (κ3) is 5.45. The number of hydrogen-bond acceptors (Lipinski definition) is 7. The van der Waals surface area contributed by atoms with Crippen molar-refractivity contribution >= 4 is 77.4 Å². The molecule has 0 atom stereocenters. The van der Waals surface area contributed by atoms with Gasteiger partial charge in [0.2, 0.25) is 5.91 Å². The van der Waals surface area contributed by atoms with Gasteiger partial charge in [-0.3, -0.25) is 4.79 Å². The Bertz CT molecular complexity index is 1750. The second-order valence-electron chi connectivity index (χ2n) is 10.6. The second kappa shape index (κ2) is 10.8. The highest BCUT2D eigenvalue weighted by molar-refractivity contribution is 9.10. The van der Waals surface area contributed by atoms with Crippen molar-refractivity contribution in [3.05, 3.63) is 74.6 Å². The first-order valence-corrected chi connectivity index (χ1v) is 16.8. The highest BCUT2D eigenvalue weighted by Gasteiger charge is 2.52. The highest BCUT2D eigenvalue weighted by atomic mass is 79.9. The van der Waals surface area contributed by atoms with E-state index in [1.807, 2.05) is 33.7 Å². The molecule has 1 spiro atoms. The maximum absolute atomic E-state index is 14.4. The number of rotatable bonds is 7. The van der Waals surface area contributed by atoms with Gasteiger partial charge in [0.05, 0.1) is 28.7 Å². The van der Waals surface area contributed by atoms with E-state index in [1.165, 1.54) is 6.26 Å². The molecular weight excluding hydrogens is 651 g/mol. The molecule has 4 aromatic rings. The fourth-order valence-corrected chi connectivity index (χ4v) is 7.28. The smallest absolute Gasteiger partial charge is 0.238 e. The van der Waals surface area contributed by atoms with Crippen LogP contribution in [0.5, 0.6) is 0 Å². The number of nitrogens with zero attached hydrogens (tertiary/aromatic N) is 6. The fraction of sp³-hybridized carbons (Fsp3) is 0.357. The van der Waals surface area contributed by atoms with Crippen molar-refractivity contribution < 1.29 is 13.2 Å². The Balaban J connectivity index is 1.33. The van der Waals surface area contributed by atoms with Gasteiger partial charge in [-0.1, -0.05) is 39.1 Å². The van der Waals surface area contributed by atoms with Crippen LogP contribution in [-0.4, -0.2) is 59.2 Å². The lowest BCUT2D eigenvalue weighted by atomic mass is 9.73. The van der Waals surface area contributed by atoms with Crippen LogP contribution in [0.2, 0.25) is 10.2 Å². The molecule has 2 aromatic carbocycles. The average Bonchev–Trinajstić information content (AvgIpc) is 3.36. The standard InChI is InChI=1S/C28H27BrCl2N6O3S/c1-41(39,40)14-2-11-36-23-6-4-19(30)16-21(23)32-26(36)17-37-22-5-3-18(29)15-20(22)28(27(37)38)9-12-35(13-10-28)25-8-7-24(31)33-34-25/h3-8,15-16H,2,9-14,17H2,1H3. The van der Waals surface area contributed by atoms with Gasteiger partial charge in [-0.2, -0.15) is 0 Å². The summed E-state index contributed by atoms with van der Waals surface area (Å²) in [6.07, 6.45) is 2.92. The number of fused-ring (bicyclic) bond motifs is 3. The normalized spacial score (nSPS) is 16.6. The number of imidazole rings is 1. The fourth-order valence-electron chi connectivity index (χ4n) is 5.99. The van der Waals surface area contributed by atoms with Crippen LogP contribution in [0.1, 0.15) is 30.7 Å². The lowest BCUT2D eigenvalue weighted by Crippen LogP contribution is -2.49. The van der Waals surface area contributed by atoms with E-state index < -0.39 is 15.3 Å². The molecule has 2 aromatic heterocycles. The Morgan fingerprint density at radius 3 is 2.51 bits per heavy atom. The number of benzene rings is 2. The van der Waals surface area contributed by atoms with Crippen LogP contribution in [0.3, 0.4) is 0 Å². The number of amides is 1. The lowest BCUT2D eigenvalue weighted by molar-refractivity contribution is -0.124. The van der Waals surface area contributed by atoms with Crippen LogP contribution in [0.25, 0.3) is 11.0 Å². The largest absolute Gasteiger partial charge is 0.355 e. The molecule has 1 saturated heterocycles. The number of piperidine rings is 1. The summed E-state index contributed by atoms with van der Waals surface area (Å²) in [5, 5.41) is 9.10. The van der Waals surface area contributed by atoms with Crippen LogP contribution in [-0.2, 0) is 33.1 Å². The first-order chi connectivity index (χ1) is 19.5. The van der Waals surface area contributed by atoms with Gasteiger partial charge >= 0.3 is 0 Å². The second-order valence-corrected chi connectivity index (χ2v) is 14.6. The van der Waals surface area contributed by atoms with Crippen LogP contribution in [0.15, 0.2) is 53.0 Å². The van der Waals surface area contributed by atoms with Crippen molar-refractivity contribution in [3.63, 3.8) is 0 Å². The topological polar surface area (TPSA) is 101 Å². The molecule has 9 nitrogen and oxygen atoms in total. The van der Waals surface area contributed by atoms with E-state index in [0.29, 0.717) is 60.4 Å². The number of carbonyl (C=O) groups is 1. The molecule has 6 rings (SSSR count). The molecule has 1 fully saturated rings. The minimum absolute atomic E-state index is 0.0419. The Hall–Kier alpha value is -2.73. The number of halogens is 3. The Labute approximate surface area is 256 Å². The predicted molar refractivity (Wildman–Crippen MR) is 165 cm³/mol. The zero-order chi connectivity index (χ0) is 28.9. The minimum atomic E-state index is -3.11. The summed E-state index contributed by atoms with van der Waals surface area (Å²) in [4.78, 5) is 23.2. The van der Waals surface area contributed by atoms with Crippen molar-refractivity contribution in [1.82, 2.24) is 19.7 Å². The van der Waals surface area contributed by atoms with Crippen LogP contribution in [0.4, 0.5) is 11.5 Å². The number of aromatic nitrogens is 4. The Kier molecular flexibility index (Phi) is 7.50. The Morgan fingerprint density at radius 1 is 1.02 bits per heavy atom. The summed E-state index contributed by atoms with van der Waals surface area (Å²) >= 11 is 15.8. The number of anilines is 2. The SMILES string of the molecule is CS(=O)(=O)CCCn1c(CN2C(=O)C3(CCN(c4ccc(Cl)nn4)CC3)c3cc(Br)ccc32)nc2cc(Cl)ccc21. The molecule has 0 unspecified atom stereocenters. The third-order valence-electron chi connectivity index (χ3n) is 7.96. The molecule has 0 saturated carbocycles. The molecule has 2 aliphatic rings. The number of aryl methyl sites for hydroxylation is 1. The van der Waals surface area contributed by atoms with Gasteiger partial charge < -0.3 is 14.4 Å². The van der Waals surface area contributed by atoms with Gasteiger partial charge in [-0.15, -0.1) is 10.2 Å². The molecule has 214 valence electrons. The molecule has 1 amide bonds. The first kappa shape index (κ1) is 28.4. The monoisotopic (exact) mass is 676 g/mol. The van der Waals surface area contributed by atoms with Gasteiger partial charge in [0.25, 0.3) is 0 Å². The minimum Gasteiger partial charge on any atom is -0.355 e. The van der Waals surface area contributed by atoms with E-state index in [1.54, 1.807) is 18.2 Å². The molecule has 0 N–H and O–H groups in total. The highest BCUT2D eigenvalue weighted by Crippen LogP contribution is 2.49. The third-order valence-corrected chi connectivity index (χ3v) is 9.92. The van der Waals surface area contributed by atoms with E-state index >= 15 is 0 Å². The summed E-state index contributed by atoms with van der Waals surface area (Å²) < 4.78 is 26.6. The molecule has 0 bridgehead atoms. The van der Waals surface area contributed by atoms with Gasteiger partial charge in [0.15, 0.2) is 11.0 Å². The van der Waals surface area contributed by atoms with Crippen LogP contribution in [0, 0.1) is 0 Å². The van der Waals surface area contributed by atoms with E-state index in [0.717, 1.165) is 27.1 Å². The maximum Gasteiger partial charge on any atom is 0.238 e. The number of hydrogen-bond donors (Lipinski definition) is 0. The van der Waals surface area contributed by atoms with Crippen molar-refractivity contribution in [3.8, 4) is 0 Å². The van der Waals surface area contributed by atoms with Gasteiger partial charge in [0, 0.05) is 41.1 Å². The number of carbonyl (C=O) groups excluding carboxylic acids is 1. The predicted octanol–water partition coefficient (Wildman–Crippen LogP) is 5.42. The molecule has 2 aliphatic heterocycles. The molecule has 4 heterocycles. The van der Waals surface area contributed by atoms with Crippen molar-refractivity contribution in [2.75, 3.05) is 34.9 Å². The van der Waals surface area contributed by atoms with Crippen LogP contribution >= 0.6 is 39.1 Å². The molecule has 0 aliphatic carbocycles. The van der Waals surface area contributed by atoms with E-state index in [2.05, 4.69) is 37.1 Å². The summed E-state index contributed by atoms with van der Waals surface area (Å²) in [5.74, 6) is 1.53. The quantitative estimate of drug-likeness (QED) is 0.258. The number of sulfone groups is 1. The summed E-state index contributed by atoms with van der Waals surface area (Å²) in [6, 6.07) is 15.0. The maximum atomic E-state index is 14.4. The van der Waals surface area contributed by atoms with Gasteiger partial charge in [0.1, 0.15) is 15.7 Å². The van der Waals surface area contributed by atoms with E-state index in [9.17, 15) is 13.2 Å². The lowest BCUT2D eigenvalue weighted by Gasteiger charge is -2.39. The van der Waals surface area contributed by atoms with Gasteiger partial charge in [-0.25, -0.2) is 13.4 Å². The zero-order valence-electron chi connectivity index (χ0n) is 22.2. The van der Waals surface area contributed by atoms with Crippen LogP contribution < -0.4 is 9.80 Å².